The van der Waals surface area contributed by atoms with Crippen LogP contribution in [-0.4, -0.2) is 21.9 Å². The van der Waals surface area contributed by atoms with Gasteiger partial charge in [-0.05, 0) is 0 Å². The molecule has 8 heteroatoms. The molecule has 0 spiro atoms. The molecule has 16 heavy (non-hydrogen) atoms. The molecular formula is C8H12ClN5S2. The highest BCUT2D eigenvalue weighted by atomic mass is 35.5. The Morgan fingerprint density at radius 1 is 1.62 bits per heavy atom. The van der Waals surface area contributed by atoms with Gasteiger partial charge in [0.25, 0.3) is 0 Å². The zero-order chi connectivity index (χ0) is 12.0. The van der Waals surface area contributed by atoms with Crippen molar-refractivity contribution in [2.75, 3.05) is 5.75 Å². The summed E-state index contributed by atoms with van der Waals surface area (Å²) in [7, 11) is 0. The van der Waals surface area contributed by atoms with Crippen LogP contribution in [-0.2, 0) is 5.75 Å². The van der Waals surface area contributed by atoms with Crippen molar-refractivity contribution in [2.45, 2.75) is 12.2 Å². The minimum Gasteiger partial charge on any atom is -0.370 e. The molecule has 0 atom stereocenters. The van der Waals surface area contributed by atoms with E-state index in [1.54, 1.807) is 11.8 Å². The van der Waals surface area contributed by atoms with Crippen molar-refractivity contribution < 1.29 is 0 Å². The Bertz CT molecular complexity index is 386. The van der Waals surface area contributed by atoms with E-state index in [4.69, 9.17) is 28.5 Å². The fourth-order valence-corrected chi connectivity index (χ4v) is 2.73. The van der Waals surface area contributed by atoms with E-state index in [0.717, 1.165) is 17.2 Å². The van der Waals surface area contributed by atoms with Crippen LogP contribution < -0.4 is 11.5 Å². The van der Waals surface area contributed by atoms with Crippen LogP contribution in [0.1, 0.15) is 12.1 Å². The Hall–Kier alpha value is -0.790. The molecule has 1 heterocycles. The second kappa shape index (κ2) is 6.72. The third-order valence-electron chi connectivity index (χ3n) is 1.48. The zero-order valence-corrected chi connectivity index (χ0v) is 10.8. The number of aromatic nitrogens is 1. The number of thioether (sulfide) groups is 1. The van der Waals surface area contributed by atoms with Crippen molar-refractivity contribution in [3.05, 3.63) is 11.1 Å². The van der Waals surface area contributed by atoms with E-state index in [-0.39, 0.29) is 11.1 Å². The summed E-state index contributed by atoms with van der Waals surface area (Å²) in [5.41, 5.74) is 11.4. The molecule has 5 N–H and O–H groups in total. The molecule has 5 nitrogen and oxygen atoms in total. The van der Waals surface area contributed by atoms with E-state index < -0.39 is 0 Å². The van der Waals surface area contributed by atoms with E-state index in [2.05, 4.69) is 9.98 Å². The van der Waals surface area contributed by atoms with Crippen LogP contribution in [0.5, 0.6) is 0 Å². The molecule has 0 saturated heterocycles. The Labute approximate surface area is 107 Å². The van der Waals surface area contributed by atoms with Crippen molar-refractivity contribution >= 4 is 51.0 Å². The number of rotatable bonds is 6. The molecular weight excluding hydrogens is 266 g/mol. The molecule has 0 aliphatic carbocycles. The zero-order valence-electron chi connectivity index (χ0n) is 8.44. The van der Waals surface area contributed by atoms with Crippen LogP contribution in [0.4, 0.5) is 5.13 Å². The molecule has 0 aliphatic rings. The van der Waals surface area contributed by atoms with Gasteiger partial charge in [-0.25, -0.2) is 4.98 Å². The standard InChI is InChI=1S/C8H12ClN5S2/c9-6(10)1-2-15-3-5-4-16-8(13-5)14-7(11)12/h4,10H,1-3H2,(H4,11,12,13,14). The van der Waals surface area contributed by atoms with Crippen molar-refractivity contribution in [3.63, 3.8) is 0 Å². The second-order valence-corrected chi connectivity index (χ2v) is 5.26. The summed E-state index contributed by atoms with van der Waals surface area (Å²) < 4.78 is 0. The van der Waals surface area contributed by atoms with Gasteiger partial charge in [0.15, 0.2) is 5.96 Å². The Balaban J connectivity index is 2.35. The summed E-state index contributed by atoms with van der Waals surface area (Å²) in [6.07, 6.45) is 0.594. The number of nitrogens with two attached hydrogens (primary N) is 2. The van der Waals surface area contributed by atoms with E-state index in [1.807, 2.05) is 5.38 Å². The van der Waals surface area contributed by atoms with Crippen LogP contribution >= 0.6 is 34.7 Å². The first-order chi connectivity index (χ1) is 7.58. The highest BCUT2D eigenvalue weighted by molar-refractivity contribution is 7.98. The van der Waals surface area contributed by atoms with Crippen molar-refractivity contribution in [1.82, 2.24) is 4.98 Å². The highest BCUT2D eigenvalue weighted by Crippen LogP contribution is 2.22. The summed E-state index contributed by atoms with van der Waals surface area (Å²) in [5.74, 6) is 1.61. The predicted molar refractivity (Wildman–Crippen MR) is 71.9 cm³/mol. The summed E-state index contributed by atoms with van der Waals surface area (Å²) in [6.45, 7) is 0. The molecule has 0 amide bonds. The van der Waals surface area contributed by atoms with Gasteiger partial charge < -0.3 is 11.5 Å². The number of aliphatic imine (C=N–C) groups is 1. The summed E-state index contributed by atoms with van der Waals surface area (Å²) >= 11 is 8.51. The van der Waals surface area contributed by atoms with E-state index >= 15 is 0 Å². The molecule has 0 saturated carbocycles. The van der Waals surface area contributed by atoms with Gasteiger partial charge >= 0.3 is 0 Å². The maximum Gasteiger partial charge on any atom is 0.212 e. The van der Waals surface area contributed by atoms with Crippen LogP contribution in [0.25, 0.3) is 0 Å². The second-order valence-electron chi connectivity index (χ2n) is 2.87. The van der Waals surface area contributed by atoms with Gasteiger partial charge in [0.2, 0.25) is 5.13 Å². The number of thiazole rings is 1. The monoisotopic (exact) mass is 277 g/mol. The molecule has 0 radical (unpaired) electrons. The average molecular weight is 278 g/mol. The van der Waals surface area contributed by atoms with Gasteiger partial charge in [-0.1, -0.05) is 11.6 Å². The molecule has 1 aromatic heterocycles. The number of hydrogen-bond donors (Lipinski definition) is 3. The van der Waals surface area contributed by atoms with Crippen LogP contribution in [0.3, 0.4) is 0 Å². The number of halogens is 1. The smallest absolute Gasteiger partial charge is 0.212 e. The normalized spacial score (nSPS) is 10.1. The summed E-state index contributed by atoms with van der Waals surface area (Å²) in [6, 6.07) is 0. The fourth-order valence-electron chi connectivity index (χ4n) is 0.863. The van der Waals surface area contributed by atoms with Crippen LogP contribution in [0.15, 0.2) is 10.4 Å². The Kier molecular flexibility index (Phi) is 5.58. The number of nitrogens with one attached hydrogen (secondary N) is 1. The average Bonchev–Trinajstić information content (AvgIpc) is 2.59. The van der Waals surface area contributed by atoms with Gasteiger partial charge in [0.1, 0.15) is 0 Å². The molecule has 0 bridgehead atoms. The Morgan fingerprint density at radius 3 is 3.00 bits per heavy atom. The Morgan fingerprint density at radius 2 is 2.38 bits per heavy atom. The van der Waals surface area contributed by atoms with Gasteiger partial charge in [-0.2, -0.15) is 16.8 Å². The first kappa shape index (κ1) is 13.3. The summed E-state index contributed by atoms with van der Waals surface area (Å²) in [5, 5.41) is 9.73. The van der Waals surface area contributed by atoms with E-state index in [9.17, 15) is 0 Å². The first-order valence-electron chi connectivity index (χ1n) is 4.42. The lowest BCUT2D eigenvalue weighted by Crippen LogP contribution is -2.21. The maximum absolute atomic E-state index is 7.05. The lowest BCUT2D eigenvalue weighted by molar-refractivity contribution is 1.20. The van der Waals surface area contributed by atoms with Gasteiger partial charge in [-0.3, -0.25) is 5.41 Å². The topological polar surface area (TPSA) is 101 Å². The lowest BCUT2D eigenvalue weighted by Gasteiger charge is -1.96. The molecule has 0 aromatic carbocycles. The first-order valence-corrected chi connectivity index (χ1v) is 6.84. The minimum atomic E-state index is 0.0177. The van der Waals surface area contributed by atoms with Crippen LogP contribution in [0, 0.1) is 5.41 Å². The van der Waals surface area contributed by atoms with Gasteiger partial charge in [-0.15, -0.1) is 11.3 Å². The van der Waals surface area contributed by atoms with Gasteiger partial charge in [0, 0.05) is 23.3 Å². The van der Waals surface area contributed by atoms with Crippen LogP contribution in [0.2, 0.25) is 0 Å². The number of guanidine groups is 1. The fraction of sp³-hybridized carbons (Fsp3) is 0.375. The van der Waals surface area contributed by atoms with E-state index in [0.29, 0.717) is 11.6 Å². The van der Waals surface area contributed by atoms with Crippen molar-refractivity contribution in [1.29, 1.82) is 5.41 Å². The molecule has 0 fully saturated rings. The number of hydrogen-bond acceptors (Lipinski definition) is 5. The highest BCUT2D eigenvalue weighted by Gasteiger charge is 2.01. The van der Waals surface area contributed by atoms with E-state index in [1.165, 1.54) is 11.3 Å². The SMILES string of the molecule is N=C(Cl)CCSCc1csc(N=C(N)N)n1. The lowest BCUT2D eigenvalue weighted by atomic mass is 10.5. The summed E-state index contributed by atoms with van der Waals surface area (Å²) in [4.78, 5) is 8.08. The quantitative estimate of drug-likeness (QED) is 0.420. The third kappa shape index (κ3) is 5.34. The maximum atomic E-state index is 7.05. The van der Waals surface area contributed by atoms with Crippen molar-refractivity contribution in [2.24, 2.45) is 16.5 Å². The third-order valence-corrected chi connectivity index (χ3v) is 3.45. The largest absolute Gasteiger partial charge is 0.370 e. The molecule has 0 aliphatic heterocycles. The minimum absolute atomic E-state index is 0.0177. The van der Waals surface area contributed by atoms with Crippen molar-refractivity contribution in [3.8, 4) is 0 Å². The molecule has 88 valence electrons. The predicted octanol–water partition coefficient (Wildman–Crippen LogP) is 1.89. The molecule has 1 rings (SSSR count). The molecule has 1 aromatic rings. The molecule has 0 unspecified atom stereocenters. The van der Waals surface area contributed by atoms with Gasteiger partial charge in [0.05, 0.1) is 10.9 Å². The number of nitrogens with zero attached hydrogens (tertiary/aromatic N) is 2.